The molecule has 27 heavy (non-hydrogen) atoms. The van der Waals surface area contributed by atoms with Gasteiger partial charge in [0.05, 0.1) is 10.8 Å². The summed E-state index contributed by atoms with van der Waals surface area (Å²) < 4.78 is 17.7. The normalized spacial score (nSPS) is 11.6. The number of benzene rings is 3. The van der Waals surface area contributed by atoms with Crippen LogP contribution in [0.15, 0.2) is 83.8 Å². The molecule has 3 rings (SSSR count). The lowest BCUT2D eigenvalue weighted by Gasteiger charge is -2.10. The van der Waals surface area contributed by atoms with Gasteiger partial charge in [-0.1, -0.05) is 30.3 Å². The van der Waals surface area contributed by atoms with Gasteiger partial charge in [0.2, 0.25) is 0 Å². The highest BCUT2D eigenvalue weighted by atomic mass is 32.2. The van der Waals surface area contributed by atoms with Crippen LogP contribution in [0.3, 0.4) is 0 Å². The highest BCUT2D eigenvalue weighted by molar-refractivity contribution is 7.85. The molecule has 138 valence electrons. The van der Waals surface area contributed by atoms with Gasteiger partial charge in [-0.15, -0.1) is 0 Å². The Hall–Kier alpha value is -3.12. The number of hydrogen-bond donors (Lipinski definition) is 2. The van der Waals surface area contributed by atoms with Crippen molar-refractivity contribution in [3.8, 4) is 11.5 Å². The first kappa shape index (κ1) is 18.7. The molecule has 0 amide bonds. The van der Waals surface area contributed by atoms with E-state index in [9.17, 15) is 9.00 Å². The van der Waals surface area contributed by atoms with Crippen LogP contribution in [0.2, 0.25) is 0 Å². The zero-order chi connectivity index (χ0) is 19.1. The molecule has 0 saturated heterocycles. The van der Waals surface area contributed by atoms with Crippen LogP contribution in [-0.2, 0) is 22.1 Å². The zero-order valence-corrected chi connectivity index (χ0v) is 15.3. The molecule has 0 saturated carbocycles. The Bertz CT molecular complexity index is 926. The average Bonchev–Trinajstić information content (AvgIpc) is 2.67. The van der Waals surface area contributed by atoms with Gasteiger partial charge in [-0.25, -0.2) is 0 Å². The summed E-state index contributed by atoms with van der Waals surface area (Å²) >= 11 is 0. The van der Waals surface area contributed by atoms with E-state index in [0.29, 0.717) is 11.4 Å². The summed E-state index contributed by atoms with van der Waals surface area (Å²) in [6.45, 7) is 0.601. The Kier molecular flexibility index (Phi) is 6.22. The zero-order valence-electron chi connectivity index (χ0n) is 14.5. The lowest BCUT2D eigenvalue weighted by molar-refractivity contribution is -0.133. The molecule has 0 fully saturated rings. The molecular formula is C21H19NO4S. The maximum atomic E-state index is 11.8. The SMILES string of the molecule is O=C(O)CS(=O)c1ccc(NCc2cccc(Oc3ccccc3)c2)cc1. The monoisotopic (exact) mass is 381 g/mol. The first-order chi connectivity index (χ1) is 13.1. The minimum atomic E-state index is -1.53. The summed E-state index contributed by atoms with van der Waals surface area (Å²) in [4.78, 5) is 11.1. The van der Waals surface area contributed by atoms with E-state index in [4.69, 9.17) is 9.84 Å². The number of carbonyl (C=O) groups is 1. The van der Waals surface area contributed by atoms with E-state index in [-0.39, 0.29) is 5.75 Å². The second-order valence-electron chi connectivity index (χ2n) is 5.82. The molecule has 3 aromatic carbocycles. The topological polar surface area (TPSA) is 75.6 Å². The van der Waals surface area contributed by atoms with Crippen molar-refractivity contribution in [1.29, 1.82) is 0 Å². The van der Waals surface area contributed by atoms with Crippen molar-refractivity contribution in [3.63, 3.8) is 0 Å². The van der Waals surface area contributed by atoms with E-state index in [0.717, 1.165) is 22.7 Å². The van der Waals surface area contributed by atoms with E-state index >= 15 is 0 Å². The second-order valence-corrected chi connectivity index (χ2v) is 7.28. The quantitative estimate of drug-likeness (QED) is 0.609. The lowest BCUT2D eigenvalue weighted by atomic mass is 10.2. The third-order valence-electron chi connectivity index (χ3n) is 3.75. The standard InChI is InChI=1S/C21H19NO4S/c23-21(24)15-27(25)20-11-9-17(10-12-20)22-14-16-5-4-8-19(13-16)26-18-6-2-1-3-7-18/h1-13,22H,14-15H2,(H,23,24). The number of nitrogens with one attached hydrogen (secondary N) is 1. The largest absolute Gasteiger partial charge is 0.481 e. The third kappa shape index (κ3) is 5.69. The molecule has 0 bridgehead atoms. The second kappa shape index (κ2) is 9.00. The van der Waals surface area contributed by atoms with Crippen molar-refractivity contribution in [2.75, 3.05) is 11.1 Å². The van der Waals surface area contributed by atoms with Crippen LogP contribution in [0.25, 0.3) is 0 Å². The van der Waals surface area contributed by atoms with Crippen LogP contribution in [0.4, 0.5) is 5.69 Å². The molecular weight excluding hydrogens is 362 g/mol. The van der Waals surface area contributed by atoms with E-state index < -0.39 is 16.8 Å². The average molecular weight is 381 g/mol. The van der Waals surface area contributed by atoms with Crippen LogP contribution in [-0.4, -0.2) is 21.0 Å². The van der Waals surface area contributed by atoms with E-state index in [1.54, 1.807) is 24.3 Å². The molecule has 3 aromatic rings. The minimum absolute atomic E-state index is 0.388. The number of ether oxygens (including phenoxy) is 1. The summed E-state index contributed by atoms with van der Waals surface area (Å²) in [7, 11) is -1.53. The summed E-state index contributed by atoms with van der Waals surface area (Å²) in [6.07, 6.45) is 0. The maximum absolute atomic E-state index is 11.8. The molecule has 0 aliphatic rings. The molecule has 0 heterocycles. The molecule has 0 aromatic heterocycles. The Morgan fingerprint density at radius 2 is 1.63 bits per heavy atom. The number of carboxylic acids is 1. The molecule has 0 aliphatic carbocycles. The van der Waals surface area contributed by atoms with Crippen LogP contribution < -0.4 is 10.1 Å². The molecule has 6 heteroatoms. The van der Waals surface area contributed by atoms with Crippen molar-refractivity contribution in [2.24, 2.45) is 0 Å². The first-order valence-corrected chi connectivity index (χ1v) is 9.68. The number of hydrogen-bond acceptors (Lipinski definition) is 4. The summed E-state index contributed by atoms with van der Waals surface area (Å²) in [5, 5.41) is 12.0. The third-order valence-corrected chi connectivity index (χ3v) is 5.05. The van der Waals surface area contributed by atoms with Crippen molar-refractivity contribution < 1.29 is 18.8 Å². The van der Waals surface area contributed by atoms with Crippen LogP contribution in [0.5, 0.6) is 11.5 Å². The Morgan fingerprint density at radius 1 is 0.926 bits per heavy atom. The van der Waals surface area contributed by atoms with Crippen LogP contribution in [0, 0.1) is 0 Å². The molecule has 5 nitrogen and oxygen atoms in total. The predicted octanol–water partition coefficient (Wildman–Crippen LogP) is 4.28. The number of rotatable bonds is 8. The van der Waals surface area contributed by atoms with Gasteiger partial charge in [0.15, 0.2) is 0 Å². The van der Waals surface area contributed by atoms with Crippen molar-refractivity contribution in [3.05, 3.63) is 84.4 Å². The van der Waals surface area contributed by atoms with E-state index in [2.05, 4.69) is 5.32 Å². The van der Waals surface area contributed by atoms with Gasteiger partial charge in [0.1, 0.15) is 17.3 Å². The summed E-state index contributed by atoms with van der Waals surface area (Å²) in [5.74, 6) is 0.0849. The summed E-state index contributed by atoms with van der Waals surface area (Å²) in [6, 6.07) is 24.3. The van der Waals surface area contributed by atoms with Crippen molar-refractivity contribution in [2.45, 2.75) is 11.4 Å². The predicted molar refractivity (Wildman–Crippen MR) is 106 cm³/mol. The molecule has 0 aliphatic heterocycles. The lowest BCUT2D eigenvalue weighted by Crippen LogP contribution is -2.09. The van der Waals surface area contributed by atoms with Crippen LogP contribution in [0.1, 0.15) is 5.56 Å². The number of para-hydroxylation sites is 1. The first-order valence-electron chi connectivity index (χ1n) is 8.36. The van der Waals surface area contributed by atoms with Gasteiger partial charge < -0.3 is 15.2 Å². The fraction of sp³-hybridized carbons (Fsp3) is 0.0952. The Labute approximate surface area is 160 Å². The number of aliphatic carboxylic acids is 1. The molecule has 0 spiro atoms. The molecule has 1 unspecified atom stereocenters. The maximum Gasteiger partial charge on any atom is 0.316 e. The highest BCUT2D eigenvalue weighted by Gasteiger charge is 2.08. The van der Waals surface area contributed by atoms with E-state index in [1.165, 1.54) is 0 Å². The van der Waals surface area contributed by atoms with Gasteiger partial charge in [-0.05, 0) is 54.1 Å². The summed E-state index contributed by atoms with van der Waals surface area (Å²) in [5.41, 5.74) is 1.92. The Balaban J connectivity index is 1.59. The van der Waals surface area contributed by atoms with Gasteiger partial charge in [-0.2, -0.15) is 0 Å². The van der Waals surface area contributed by atoms with Crippen LogP contribution >= 0.6 is 0 Å². The van der Waals surface area contributed by atoms with Gasteiger partial charge in [0.25, 0.3) is 0 Å². The smallest absolute Gasteiger partial charge is 0.316 e. The fourth-order valence-electron chi connectivity index (χ4n) is 2.47. The molecule has 0 radical (unpaired) electrons. The van der Waals surface area contributed by atoms with Gasteiger partial charge >= 0.3 is 5.97 Å². The number of carboxylic acid groups (broad SMARTS) is 1. The van der Waals surface area contributed by atoms with Gasteiger partial charge in [0, 0.05) is 17.1 Å². The van der Waals surface area contributed by atoms with Crippen molar-refractivity contribution in [1.82, 2.24) is 0 Å². The van der Waals surface area contributed by atoms with E-state index in [1.807, 2.05) is 54.6 Å². The van der Waals surface area contributed by atoms with Crippen molar-refractivity contribution >= 4 is 22.5 Å². The Morgan fingerprint density at radius 3 is 2.33 bits per heavy atom. The van der Waals surface area contributed by atoms with Gasteiger partial charge in [-0.3, -0.25) is 9.00 Å². The molecule has 1 atom stereocenters. The molecule has 2 N–H and O–H groups in total. The number of anilines is 1. The highest BCUT2D eigenvalue weighted by Crippen LogP contribution is 2.22. The minimum Gasteiger partial charge on any atom is -0.481 e. The fourth-order valence-corrected chi connectivity index (χ4v) is 3.30.